The first-order valence-electron chi connectivity index (χ1n) is 4.87. The van der Waals surface area contributed by atoms with E-state index in [4.69, 9.17) is 0 Å². The molecule has 1 saturated heterocycles. The molecular weight excluding hydrogens is 168 g/mol. The number of rotatable bonds is 3. The Hall–Kier alpha value is 0.0200. The molecule has 0 spiro atoms. The van der Waals surface area contributed by atoms with E-state index < -0.39 is 0 Å². The van der Waals surface area contributed by atoms with Gasteiger partial charge in [-0.25, -0.2) is 0 Å². The Morgan fingerprint density at radius 3 is 2.33 bits per heavy atom. The van der Waals surface area contributed by atoms with E-state index in [0.29, 0.717) is 16.7 Å². The second-order valence-electron chi connectivity index (χ2n) is 3.85. The molecule has 0 aromatic carbocycles. The van der Waals surface area contributed by atoms with Gasteiger partial charge in [-0.1, -0.05) is 13.8 Å². The lowest BCUT2D eigenvalue weighted by molar-refractivity contribution is -0.119. The Morgan fingerprint density at radius 2 is 1.83 bits per heavy atom. The third-order valence-corrected chi connectivity index (χ3v) is 4.78. The van der Waals surface area contributed by atoms with Gasteiger partial charge in [0.05, 0.1) is 0 Å². The zero-order valence-electron chi connectivity index (χ0n) is 8.14. The van der Waals surface area contributed by atoms with Crippen LogP contribution in [0.2, 0.25) is 0 Å². The molecule has 0 amide bonds. The van der Waals surface area contributed by atoms with Crippen LogP contribution in [0, 0.1) is 5.92 Å². The van der Waals surface area contributed by atoms with Gasteiger partial charge < -0.3 is 0 Å². The van der Waals surface area contributed by atoms with Crippen LogP contribution in [0.5, 0.6) is 0 Å². The third kappa shape index (κ3) is 3.18. The normalized spacial score (nSPS) is 19.9. The van der Waals surface area contributed by atoms with Crippen LogP contribution >= 0.6 is 0 Å². The van der Waals surface area contributed by atoms with Crippen molar-refractivity contribution >= 4 is 16.7 Å². The van der Waals surface area contributed by atoms with Gasteiger partial charge >= 0.3 is 0 Å². The van der Waals surface area contributed by atoms with Crippen LogP contribution in [0.25, 0.3) is 0 Å². The Balaban J connectivity index is 2.24. The predicted molar refractivity (Wildman–Crippen MR) is 55.7 cm³/mol. The molecule has 70 valence electrons. The number of hydrogen-bond donors (Lipinski definition) is 0. The highest BCUT2D eigenvalue weighted by molar-refractivity contribution is 7.97. The number of hydrogen-bond acceptors (Lipinski definition) is 1. The van der Waals surface area contributed by atoms with Crippen LogP contribution < -0.4 is 0 Å². The van der Waals surface area contributed by atoms with E-state index in [9.17, 15) is 4.79 Å². The molecular formula is C10H19OS+. The van der Waals surface area contributed by atoms with Gasteiger partial charge in [-0.15, -0.1) is 0 Å². The van der Waals surface area contributed by atoms with E-state index in [2.05, 4.69) is 0 Å². The van der Waals surface area contributed by atoms with Crippen LogP contribution in [-0.2, 0) is 15.7 Å². The van der Waals surface area contributed by atoms with Crippen molar-refractivity contribution in [2.45, 2.75) is 33.1 Å². The lowest BCUT2D eigenvalue weighted by Crippen LogP contribution is -2.27. The minimum absolute atomic E-state index is 0.249. The summed E-state index contributed by atoms with van der Waals surface area (Å²) < 4.78 is 0. The monoisotopic (exact) mass is 187 g/mol. The first-order chi connectivity index (χ1) is 5.70. The average Bonchev–Trinajstić information content (AvgIpc) is 2.06. The summed E-state index contributed by atoms with van der Waals surface area (Å²) in [6, 6.07) is 0. The molecule has 0 atom stereocenters. The molecule has 1 fully saturated rings. The molecule has 0 bridgehead atoms. The Morgan fingerprint density at radius 1 is 1.25 bits per heavy atom. The molecule has 1 rings (SSSR count). The molecule has 0 aromatic heterocycles. The van der Waals surface area contributed by atoms with Crippen molar-refractivity contribution in [3.63, 3.8) is 0 Å². The van der Waals surface area contributed by atoms with E-state index >= 15 is 0 Å². The molecule has 1 heterocycles. The quantitative estimate of drug-likeness (QED) is 0.618. The van der Waals surface area contributed by atoms with Crippen molar-refractivity contribution in [1.29, 1.82) is 0 Å². The fourth-order valence-corrected chi connectivity index (χ4v) is 3.86. The summed E-state index contributed by atoms with van der Waals surface area (Å²) in [5.41, 5.74) is 0. The molecule has 1 aliphatic rings. The highest BCUT2D eigenvalue weighted by atomic mass is 32.2. The molecule has 0 radical (unpaired) electrons. The molecule has 0 unspecified atom stereocenters. The average molecular weight is 187 g/mol. The van der Waals surface area contributed by atoms with Gasteiger partial charge in [-0.3, -0.25) is 4.79 Å². The molecule has 0 N–H and O–H groups in total. The zero-order valence-corrected chi connectivity index (χ0v) is 8.95. The summed E-state index contributed by atoms with van der Waals surface area (Å²) in [6.07, 6.45) is 4.10. The van der Waals surface area contributed by atoms with Gasteiger partial charge in [-0.05, 0) is 30.2 Å². The zero-order chi connectivity index (χ0) is 8.97. The van der Waals surface area contributed by atoms with E-state index in [-0.39, 0.29) is 5.92 Å². The summed E-state index contributed by atoms with van der Waals surface area (Å²) >= 11 is 0. The van der Waals surface area contributed by atoms with Gasteiger partial charge in [-0.2, -0.15) is 0 Å². The minimum Gasteiger partial charge on any atom is -0.294 e. The van der Waals surface area contributed by atoms with Gasteiger partial charge in [0.25, 0.3) is 0 Å². The smallest absolute Gasteiger partial charge is 0.184 e. The number of carbonyl (C=O) groups is 1. The fraction of sp³-hybridized carbons (Fsp3) is 0.900. The lowest BCUT2D eigenvalue weighted by atomic mass is 10.1. The van der Waals surface area contributed by atoms with Gasteiger partial charge in [0.15, 0.2) is 11.5 Å². The summed E-state index contributed by atoms with van der Waals surface area (Å²) in [4.78, 5) is 11.4. The second kappa shape index (κ2) is 4.90. The summed E-state index contributed by atoms with van der Waals surface area (Å²) in [6.45, 7) is 4.02. The van der Waals surface area contributed by atoms with E-state index in [1.165, 1.54) is 30.8 Å². The number of carbonyl (C=O) groups excluding carboxylic acids is 1. The SMILES string of the molecule is CC(C)C(=O)C[S+]1CCCCC1. The maximum atomic E-state index is 11.4. The largest absolute Gasteiger partial charge is 0.294 e. The predicted octanol–water partition coefficient (Wildman–Crippen LogP) is 2.01. The van der Waals surface area contributed by atoms with Crippen LogP contribution in [0.3, 0.4) is 0 Å². The van der Waals surface area contributed by atoms with E-state index in [1.54, 1.807) is 0 Å². The maximum Gasteiger partial charge on any atom is 0.184 e. The number of Topliss-reactive ketones (excluding diaryl/α,β-unsaturated/α-hetero) is 1. The first kappa shape index (κ1) is 10.1. The van der Waals surface area contributed by atoms with Crippen molar-refractivity contribution < 1.29 is 4.79 Å². The van der Waals surface area contributed by atoms with Gasteiger partial charge in [0, 0.05) is 5.92 Å². The molecule has 0 saturated carbocycles. The first-order valence-corrected chi connectivity index (χ1v) is 6.60. The van der Waals surface area contributed by atoms with Crippen molar-refractivity contribution in [3.05, 3.63) is 0 Å². The molecule has 1 nitrogen and oxygen atoms in total. The number of ketones is 1. The van der Waals surface area contributed by atoms with E-state index in [0.717, 1.165) is 5.75 Å². The lowest BCUT2D eigenvalue weighted by Gasteiger charge is -2.13. The van der Waals surface area contributed by atoms with Crippen LogP contribution in [0.4, 0.5) is 0 Å². The topological polar surface area (TPSA) is 17.1 Å². The summed E-state index contributed by atoms with van der Waals surface area (Å²) in [5.74, 6) is 4.23. The fourth-order valence-electron chi connectivity index (χ4n) is 1.40. The van der Waals surface area contributed by atoms with Crippen molar-refractivity contribution in [2.75, 3.05) is 17.3 Å². The molecule has 0 aromatic rings. The van der Waals surface area contributed by atoms with Crippen LogP contribution in [-0.4, -0.2) is 23.0 Å². The molecule has 12 heavy (non-hydrogen) atoms. The van der Waals surface area contributed by atoms with E-state index in [1.807, 2.05) is 13.8 Å². The summed E-state index contributed by atoms with van der Waals surface area (Å²) in [7, 11) is 0.455. The molecule has 2 heteroatoms. The Kier molecular flexibility index (Phi) is 4.13. The van der Waals surface area contributed by atoms with Crippen LogP contribution in [0.15, 0.2) is 0 Å². The van der Waals surface area contributed by atoms with Crippen molar-refractivity contribution in [1.82, 2.24) is 0 Å². The Bertz CT molecular complexity index is 148. The second-order valence-corrected chi connectivity index (χ2v) is 6.18. The maximum absolute atomic E-state index is 11.4. The molecule has 0 aliphatic carbocycles. The minimum atomic E-state index is 0.249. The molecule has 1 aliphatic heterocycles. The highest BCUT2D eigenvalue weighted by Crippen LogP contribution is 2.14. The third-order valence-electron chi connectivity index (χ3n) is 2.36. The van der Waals surface area contributed by atoms with Gasteiger partial charge in [0.1, 0.15) is 11.5 Å². The van der Waals surface area contributed by atoms with Crippen molar-refractivity contribution in [2.24, 2.45) is 5.92 Å². The van der Waals surface area contributed by atoms with Crippen molar-refractivity contribution in [3.8, 4) is 0 Å². The highest BCUT2D eigenvalue weighted by Gasteiger charge is 2.25. The Labute approximate surface area is 78.3 Å². The standard InChI is InChI=1S/C10H19OS/c1-9(2)10(11)8-12-6-4-3-5-7-12/h9H,3-8H2,1-2H3/q+1. The van der Waals surface area contributed by atoms with Crippen LogP contribution in [0.1, 0.15) is 33.1 Å². The summed E-state index contributed by atoms with van der Waals surface area (Å²) in [5, 5.41) is 0. The van der Waals surface area contributed by atoms with Gasteiger partial charge in [0.2, 0.25) is 0 Å².